The van der Waals surface area contributed by atoms with Crippen LogP contribution in [0.3, 0.4) is 0 Å². The first-order chi connectivity index (χ1) is 67.1. The SMILES string of the molecule is C.CC(C)C[C@H](NC(=O)CCCC(=O)c1ccc2c(c1)C(=O)OC21c2ccc(O)cc2Oc2cc(O)ccc21)C(=O)N[C@H](C(=O)N[C@@H](Cc1ccccc1)C(=O)N[C@]1(C)CCCCCC/C=C/CCC[C@@](C)(C(=O)NC(CO)C(=O)N[C@@H](C)C(=O)NC(C)C(N)=O)NC(=O)[C@H](CC2CCC2)CCC(=O)[C@H](Cc2c[nH]c3ccccc23)CC(=O)[C@H](Cc2ccc(O)cc2)NC(=O)[C@H](CCC(=O)O)NC1=O)[C@@H](C)O. The van der Waals surface area contributed by atoms with Crippen molar-refractivity contribution < 1.29 is 117 Å². The van der Waals surface area contributed by atoms with Crippen LogP contribution in [-0.4, -0.2) is 202 Å². The molecular formula is C106H134N12O24. The summed E-state index contributed by atoms with van der Waals surface area (Å²) in [6, 6.07) is 22.4. The van der Waals surface area contributed by atoms with E-state index in [0.717, 1.165) is 24.6 Å². The number of aliphatic hydroxyl groups is 2. The Balaban J connectivity index is 0.0000207. The van der Waals surface area contributed by atoms with Gasteiger partial charge in [0, 0.05) is 102 Å². The van der Waals surface area contributed by atoms with E-state index < -0.39 is 203 Å². The zero-order valence-corrected chi connectivity index (χ0v) is 80.4. The van der Waals surface area contributed by atoms with Crippen LogP contribution >= 0.6 is 0 Å². The lowest BCUT2D eigenvalue weighted by Gasteiger charge is -2.36. The predicted octanol–water partition coefficient (Wildman–Crippen LogP) is 8.82. The number of esters is 1. The van der Waals surface area contributed by atoms with E-state index in [0.29, 0.717) is 77.4 Å². The number of Topliss-reactive ketones (excluding diaryl/α,β-unsaturated/α-hetero) is 3. The highest BCUT2D eigenvalue weighted by Gasteiger charge is 2.54. The second kappa shape index (κ2) is 50.3. The number of aliphatic hydroxyl groups excluding tert-OH is 2. The number of nitrogens with two attached hydrogens (primary N) is 1. The number of ketones is 3. The molecule has 36 heteroatoms. The van der Waals surface area contributed by atoms with Crippen LogP contribution in [0.2, 0.25) is 0 Å². The first kappa shape index (κ1) is 110. The Hall–Kier alpha value is -14.2. The molecule has 36 nitrogen and oxygen atoms in total. The van der Waals surface area contributed by atoms with Gasteiger partial charge in [-0.05, 0) is 195 Å². The number of carboxylic acids is 1. The van der Waals surface area contributed by atoms with Gasteiger partial charge in [-0.1, -0.05) is 145 Å². The number of ether oxygens (including phenoxy) is 2. The summed E-state index contributed by atoms with van der Waals surface area (Å²) in [6.07, 6.45) is 6.11. The van der Waals surface area contributed by atoms with Crippen LogP contribution in [0.15, 0.2) is 152 Å². The maximum absolute atomic E-state index is 15.7. The number of amides is 11. The molecular weight excluding hydrogens is 1830 g/mol. The van der Waals surface area contributed by atoms with E-state index in [1.54, 1.807) is 74.6 Å². The van der Waals surface area contributed by atoms with Gasteiger partial charge in [-0.25, -0.2) is 4.79 Å². The maximum Gasteiger partial charge on any atom is 0.340 e. The summed E-state index contributed by atoms with van der Waals surface area (Å²) >= 11 is 0. The number of primary amides is 1. The molecule has 1 saturated carbocycles. The Morgan fingerprint density at radius 3 is 1.86 bits per heavy atom. The summed E-state index contributed by atoms with van der Waals surface area (Å²) in [4.78, 5) is 233. The molecule has 0 bridgehead atoms. The van der Waals surface area contributed by atoms with Gasteiger partial charge in [-0.2, -0.15) is 0 Å². The summed E-state index contributed by atoms with van der Waals surface area (Å²) in [5, 5.41) is 91.0. The van der Waals surface area contributed by atoms with Gasteiger partial charge in [0.05, 0.1) is 24.3 Å². The number of benzene rings is 6. The fourth-order valence-corrected chi connectivity index (χ4v) is 18.3. The van der Waals surface area contributed by atoms with Gasteiger partial charge >= 0.3 is 11.9 Å². The van der Waals surface area contributed by atoms with Gasteiger partial charge in [0.15, 0.2) is 17.2 Å². The van der Waals surface area contributed by atoms with Crippen molar-refractivity contribution in [3.8, 4) is 28.7 Å². The number of aromatic hydroxyl groups is 3. The van der Waals surface area contributed by atoms with Crippen molar-refractivity contribution in [2.24, 2.45) is 29.4 Å². The molecule has 3 aliphatic heterocycles. The number of carbonyl (C=O) groups excluding carboxylic acids is 15. The summed E-state index contributed by atoms with van der Waals surface area (Å²) < 4.78 is 12.2. The lowest BCUT2D eigenvalue weighted by molar-refractivity contribution is -0.140. The Morgan fingerprint density at radius 1 is 0.570 bits per heavy atom. The van der Waals surface area contributed by atoms with Crippen molar-refractivity contribution in [3.05, 3.63) is 196 Å². The molecule has 142 heavy (non-hydrogen) atoms. The van der Waals surface area contributed by atoms with E-state index >= 15 is 28.8 Å². The van der Waals surface area contributed by atoms with Crippen LogP contribution in [0.5, 0.6) is 28.7 Å². The number of aromatic nitrogens is 1. The monoisotopic (exact) mass is 1960 g/mol. The molecule has 6 aromatic carbocycles. The molecule has 11 rings (SSSR count). The van der Waals surface area contributed by atoms with Gasteiger partial charge in [0.1, 0.15) is 87.9 Å². The lowest BCUT2D eigenvalue weighted by atomic mass is 9.76. The molecule has 4 heterocycles. The Labute approximate surface area is 824 Å². The Bertz CT molecular complexity index is 5720. The molecule has 11 amide bonds. The van der Waals surface area contributed by atoms with Gasteiger partial charge in [-0.3, -0.25) is 71.9 Å². The van der Waals surface area contributed by atoms with Crippen molar-refractivity contribution >= 4 is 105 Å². The van der Waals surface area contributed by atoms with E-state index in [-0.39, 0.29) is 143 Å². The van der Waals surface area contributed by atoms with E-state index in [4.69, 9.17) is 15.2 Å². The maximum atomic E-state index is 15.7. The quantitative estimate of drug-likeness (QED) is 0.0102. The third-order valence-electron chi connectivity index (χ3n) is 26.7. The molecule has 1 aromatic heterocycles. The number of rotatable bonds is 34. The van der Waals surface area contributed by atoms with Gasteiger partial charge in [0.25, 0.3) is 0 Å². The minimum absolute atomic E-state index is 0. The Morgan fingerprint density at radius 2 is 1.21 bits per heavy atom. The third kappa shape index (κ3) is 29.0. The number of aliphatic carboxylic acids is 1. The highest BCUT2D eigenvalue weighted by atomic mass is 16.6. The smallest absolute Gasteiger partial charge is 0.340 e. The normalized spacial score (nSPS) is 21.1. The number of hydrogen-bond acceptors (Lipinski definition) is 23. The molecule has 0 saturated heterocycles. The molecule has 1 fully saturated rings. The molecule has 0 radical (unpaired) electrons. The number of nitrogens with one attached hydrogen (secondary N) is 11. The molecule has 19 N–H and O–H groups in total. The standard InChI is InChI=1S/C105H130N12O24.CH4/c1-59(2)48-81(110-89(126)31-23-30-84(123)66-34-40-75-74(53-66)100(137)141-105(75)76-41-38-71(121)55-87(76)140-88-56-72(122)39-42-77(88)105)96(133)115-91(62(5)119)99(136)112-82(51-64-24-16-15-17-25-64)98(135)117-104(7)47-21-14-12-10-8-9-11-13-20-46-103(6,102(139)114-83(58-118)97(134)109-61(4)93(130)108-60(3)92(106)129)116-94(131)67(49-63-26-22-27-63)35-44-85(124)68(52-69-57-107-78-29-19-18-28-73(69)78)54-86(125)80(50-65-32-36-70(120)37-33-65)111-95(132)79(113-101(104)138)43-45-90(127)128;/h9,11,15-19,24-25,28-29,32-34,36-42,53,55-57,59-63,67-68,79-83,91,107,118-122H,8,10,12-14,20-23,26-27,30-31,35,43-52,54,58H2,1-7H3,(H2,106,129)(H,108,130)(H,109,134)(H,110,126)(H,111,132)(H,112,136)(H,113,138)(H,114,139)(H,115,133)(H,116,131)(H,117,135)(H,127,128);1H4/b11-9+;/t60?,61-,62+,67-,68+,79-,80-,81-,82-,83?,91-,103-,104+;/m0./s1. The van der Waals surface area contributed by atoms with Crippen LogP contribution in [0.25, 0.3) is 10.9 Å². The number of allylic oxidation sites excluding steroid dienone is 2. The molecule has 7 aromatic rings. The molecule has 1 spiro atoms. The number of aromatic amines is 1. The fraction of sp³-hybridized carbons (Fsp3) is 0.472. The number of hydrogen-bond donors (Lipinski definition) is 18. The number of para-hydroxylation sites is 1. The average molecular weight is 1960 g/mol. The van der Waals surface area contributed by atoms with E-state index in [1.807, 2.05) is 30.4 Å². The van der Waals surface area contributed by atoms with Crippen molar-refractivity contribution in [3.63, 3.8) is 0 Å². The molecule has 2 unspecified atom stereocenters. The topological polar surface area (TPSA) is 575 Å². The predicted molar refractivity (Wildman–Crippen MR) is 525 cm³/mol. The highest BCUT2D eigenvalue weighted by Crippen LogP contribution is 2.57. The summed E-state index contributed by atoms with van der Waals surface area (Å²) in [5.74, 6) is -15.8. The van der Waals surface area contributed by atoms with Crippen LogP contribution in [0.1, 0.15) is 251 Å². The summed E-state index contributed by atoms with van der Waals surface area (Å²) in [5.41, 5.74) is 3.48. The largest absolute Gasteiger partial charge is 0.508 e. The first-order valence-electron chi connectivity index (χ1n) is 48.3. The molecule has 13 atom stereocenters. The van der Waals surface area contributed by atoms with Crippen molar-refractivity contribution in [1.29, 1.82) is 0 Å². The summed E-state index contributed by atoms with van der Waals surface area (Å²) in [7, 11) is 0. The zero-order chi connectivity index (χ0) is 102. The number of phenolic OH excluding ortho intramolecular Hbond substituents is 3. The van der Waals surface area contributed by atoms with Crippen LogP contribution in [-0.2, 0) is 96.7 Å². The fourth-order valence-electron chi connectivity index (χ4n) is 18.3. The van der Waals surface area contributed by atoms with Gasteiger partial charge in [0.2, 0.25) is 65.0 Å². The number of carbonyl (C=O) groups is 16. The highest BCUT2D eigenvalue weighted by molar-refractivity contribution is 6.04. The number of phenols is 3. The van der Waals surface area contributed by atoms with Crippen LogP contribution in [0.4, 0.5) is 0 Å². The minimum Gasteiger partial charge on any atom is -0.508 e. The second-order valence-corrected chi connectivity index (χ2v) is 38.4. The third-order valence-corrected chi connectivity index (χ3v) is 26.7. The average Bonchev–Trinajstić information content (AvgIpc) is 1.51. The van der Waals surface area contributed by atoms with Gasteiger partial charge in [-0.15, -0.1) is 0 Å². The van der Waals surface area contributed by atoms with Gasteiger partial charge < -0.3 is 104 Å². The molecule has 4 aliphatic rings. The van der Waals surface area contributed by atoms with Crippen molar-refractivity contribution in [2.45, 2.75) is 288 Å². The lowest BCUT2D eigenvalue weighted by Crippen LogP contribution is -2.65. The summed E-state index contributed by atoms with van der Waals surface area (Å²) in [6.45, 7) is 9.35. The number of H-pyrrole nitrogens is 1. The number of fused-ring (bicyclic) bond motifs is 7. The zero-order valence-electron chi connectivity index (χ0n) is 80.4. The Kier molecular flexibility index (Phi) is 38.9. The van der Waals surface area contributed by atoms with Crippen molar-refractivity contribution in [1.82, 2.24) is 58.2 Å². The minimum atomic E-state index is -2.04. The first-order valence-corrected chi connectivity index (χ1v) is 48.3. The molecule has 1 aliphatic carbocycles. The van der Waals surface area contributed by atoms with E-state index in [2.05, 4.69) is 58.2 Å². The van der Waals surface area contributed by atoms with E-state index in [9.17, 15) is 78.6 Å². The number of carboxylic acid groups (broad SMARTS) is 1. The second-order valence-electron chi connectivity index (χ2n) is 38.4. The van der Waals surface area contributed by atoms with Crippen molar-refractivity contribution in [2.75, 3.05) is 6.61 Å². The molecule has 762 valence electrons. The van der Waals surface area contributed by atoms with Crippen LogP contribution < -0.4 is 63.6 Å². The van der Waals surface area contributed by atoms with Crippen LogP contribution in [0, 0.1) is 23.7 Å². The van der Waals surface area contributed by atoms with E-state index in [1.165, 1.54) is 95.3 Å².